The molecule has 1 aromatic rings. The third-order valence-corrected chi connectivity index (χ3v) is 4.18. The van der Waals surface area contributed by atoms with E-state index < -0.39 is 0 Å². The Morgan fingerprint density at radius 1 is 1.38 bits per heavy atom. The van der Waals surface area contributed by atoms with Crippen LogP contribution in [0.15, 0.2) is 6.20 Å². The summed E-state index contributed by atoms with van der Waals surface area (Å²) in [7, 11) is 0. The summed E-state index contributed by atoms with van der Waals surface area (Å²) in [5.41, 5.74) is 6.07. The number of ether oxygens (including phenoxy) is 1. The van der Waals surface area contributed by atoms with Crippen LogP contribution in [-0.2, 0) is 11.3 Å². The van der Waals surface area contributed by atoms with Crippen molar-refractivity contribution in [2.45, 2.75) is 19.0 Å². The summed E-state index contributed by atoms with van der Waals surface area (Å²) >= 11 is 0. The molecule has 7 nitrogen and oxygen atoms in total. The minimum absolute atomic E-state index is 0.268. The van der Waals surface area contributed by atoms with E-state index in [2.05, 4.69) is 19.8 Å². The first-order valence-corrected chi connectivity index (χ1v) is 7.32. The first kappa shape index (κ1) is 14.2. The standard InChI is InChI=1S/C14H20N6O/c15-7-11-8-17-13(18-14(11)16)9-19-2-4-20(5-3-19)12-1-6-21-10-12/h8,12H,1-6,9-10H2,(H2,16,17,18). The van der Waals surface area contributed by atoms with Crippen LogP contribution in [0.5, 0.6) is 0 Å². The minimum Gasteiger partial charge on any atom is -0.382 e. The fourth-order valence-corrected chi connectivity index (χ4v) is 2.89. The molecule has 1 aromatic heterocycles. The highest BCUT2D eigenvalue weighted by Gasteiger charge is 2.26. The molecule has 1 atom stereocenters. The zero-order chi connectivity index (χ0) is 14.7. The van der Waals surface area contributed by atoms with E-state index >= 15 is 0 Å². The second-order valence-corrected chi connectivity index (χ2v) is 5.53. The van der Waals surface area contributed by atoms with Gasteiger partial charge in [-0.05, 0) is 6.42 Å². The summed E-state index contributed by atoms with van der Waals surface area (Å²) in [5, 5.41) is 8.83. The average Bonchev–Trinajstić information content (AvgIpc) is 3.02. The Hall–Kier alpha value is -1.75. The van der Waals surface area contributed by atoms with Crippen LogP contribution >= 0.6 is 0 Å². The number of rotatable bonds is 3. The number of nitrogens with zero attached hydrogens (tertiary/aromatic N) is 5. The number of anilines is 1. The maximum atomic E-state index is 8.83. The summed E-state index contributed by atoms with van der Waals surface area (Å²) in [5.74, 6) is 0.952. The molecule has 0 amide bonds. The largest absolute Gasteiger partial charge is 0.382 e. The monoisotopic (exact) mass is 288 g/mol. The molecule has 2 aliphatic rings. The molecule has 2 saturated heterocycles. The Bertz CT molecular complexity index is 529. The van der Waals surface area contributed by atoms with Gasteiger partial charge in [-0.15, -0.1) is 0 Å². The van der Waals surface area contributed by atoms with Crippen LogP contribution in [0.25, 0.3) is 0 Å². The van der Waals surface area contributed by atoms with Gasteiger partial charge in [0.2, 0.25) is 0 Å². The molecule has 0 aromatic carbocycles. The van der Waals surface area contributed by atoms with Crippen LogP contribution in [-0.4, -0.2) is 65.2 Å². The molecule has 21 heavy (non-hydrogen) atoms. The lowest BCUT2D eigenvalue weighted by Crippen LogP contribution is -2.50. The first-order chi connectivity index (χ1) is 10.3. The van der Waals surface area contributed by atoms with Gasteiger partial charge in [-0.2, -0.15) is 5.26 Å². The summed E-state index contributed by atoms with van der Waals surface area (Å²) in [6.07, 6.45) is 2.65. The second-order valence-electron chi connectivity index (χ2n) is 5.53. The van der Waals surface area contributed by atoms with Gasteiger partial charge in [0.05, 0.1) is 19.3 Å². The summed E-state index contributed by atoms with van der Waals surface area (Å²) in [4.78, 5) is 13.3. The van der Waals surface area contributed by atoms with E-state index in [1.807, 2.05) is 6.07 Å². The van der Waals surface area contributed by atoms with Crippen LogP contribution in [0.2, 0.25) is 0 Å². The average molecular weight is 288 g/mol. The van der Waals surface area contributed by atoms with E-state index in [9.17, 15) is 0 Å². The molecule has 0 radical (unpaired) electrons. The van der Waals surface area contributed by atoms with E-state index in [-0.39, 0.29) is 5.82 Å². The van der Waals surface area contributed by atoms with Crippen LogP contribution in [0, 0.1) is 11.3 Å². The first-order valence-electron chi connectivity index (χ1n) is 7.32. The van der Waals surface area contributed by atoms with E-state index in [0.717, 1.165) is 45.8 Å². The number of hydrogen-bond donors (Lipinski definition) is 1. The van der Waals surface area contributed by atoms with E-state index in [4.69, 9.17) is 15.7 Å². The topological polar surface area (TPSA) is 91.3 Å². The highest BCUT2D eigenvalue weighted by Crippen LogP contribution is 2.16. The third-order valence-electron chi connectivity index (χ3n) is 4.18. The molecule has 2 aliphatic heterocycles. The van der Waals surface area contributed by atoms with Crippen molar-refractivity contribution in [3.8, 4) is 6.07 Å². The predicted octanol–water partition coefficient (Wildman–Crippen LogP) is -0.163. The molecular weight excluding hydrogens is 268 g/mol. The minimum atomic E-state index is 0.268. The highest BCUT2D eigenvalue weighted by molar-refractivity contribution is 5.46. The van der Waals surface area contributed by atoms with Gasteiger partial charge in [0.25, 0.3) is 0 Å². The van der Waals surface area contributed by atoms with Crippen LogP contribution in [0.4, 0.5) is 5.82 Å². The van der Waals surface area contributed by atoms with Gasteiger partial charge < -0.3 is 10.5 Å². The van der Waals surface area contributed by atoms with Gasteiger partial charge in [-0.25, -0.2) is 9.97 Å². The summed E-state index contributed by atoms with van der Waals surface area (Å²) in [6.45, 7) is 6.56. The maximum absolute atomic E-state index is 8.83. The molecule has 0 bridgehead atoms. The van der Waals surface area contributed by atoms with Gasteiger partial charge in [-0.1, -0.05) is 0 Å². The van der Waals surface area contributed by atoms with E-state index in [1.54, 1.807) is 0 Å². The second kappa shape index (κ2) is 6.35. The normalized spacial score (nSPS) is 24.0. The number of nitriles is 1. The molecule has 2 N–H and O–H groups in total. The quantitative estimate of drug-likeness (QED) is 0.826. The Labute approximate surface area is 124 Å². The van der Waals surface area contributed by atoms with Gasteiger partial charge >= 0.3 is 0 Å². The number of nitrogens with two attached hydrogens (primary N) is 1. The lowest BCUT2D eigenvalue weighted by molar-refractivity contribution is 0.0802. The third kappa shape index (κ3) is 3.29. The van der Waals surface area contributed by atoms with Crippen molar-refractivity contribution in [3.63, 3.8) is 0 Å². The summed E-state index contributed by atoms with van der Waals surface area (Å²) in [6, 6.07) is 2.57. The molecule has 3 rings (SSSR count). The Morgan fingerprint density at radius 2 is 2.19 bits per heavy atom. The smallest absolute Gasteiger partial charge is 0.145 e. The molecule has 112 valence electrons. The zero-order valence-corrected chi connectivity index (χ0v) is 12.0. The fourth-order valence-electron chi connectivity index (χ4n) is 2.89. The maximum Gasteiger partial charge on any atom is 0.145 e. The van der Waals surface area contributed by atoms with Crippen LogP contribution in [0.1, 0.15) is 17.8 Å². The SMILES string of the molecule is N#Cc1cnc(CN2CCN(C3CCOC3)CC2)nc1N. The van der Waals surface area contributed by atoms with E-state index in [1.165, 1.54) is 6.20 Å². The molecule has 1 unspecified atom stereocenters. The van der Waals surface area contributed by atoms with Crippen molar-refractivity contribution >= 4 is 5.82 Å². The van der Waals surface area contributed by atoms with Crippen molar-refractivity contribution in [2.24, 2.45) is 0 Å². The zero-order valence-electron chi connectivity index (χ0n) is 12.0. The molecule has 0 aliphatic carbocycles. The number of aromatic nitrogens is 2. The number of piperazine rings is 1. The lowest BCUT2D eigenvalue weighted by atomic mass is 10.2. The fraction of sp³-hybridized carbons (Fsp3) is 0.643. The van der Waals surface area contributed by atoms with Crippen LogP contribution < -0.4 is 5.73 Å². The van der Waals surface area contributed by atoms with Crippen molar-refractivity contribution in [3.05, 3.63) is 17.6 Å². The van der Waals surface area contributed by atoms with Gasteiger partial charge in [0.1, 0.15) is 23.3 Å². The molecule has 7 heteroatoms. The number of hydrogen-bond acceptors (Lipinski definition) is 7. The molecular formula is C14H20N6O. The molecule has 0 spiro atoms. The molecule has 2 fully saturated rings. The van der Waals surface area contributed by atoms with Gasteiger partial charge in [0, 0.05) is 38.8 Å². The molecule has 3 heterocycles. The van der Waals surface area contributed by atoms with Crippen molar-refractivity contribution in [1.29, 1.82) is 5.26 Å². The van der Waals surface area contributed by atoms with Crippen molar-refractivity contribution < 1.29 is 4.74 Å². The lowest BCUT2D eigenvalue weighted by Gasteiger charge is -2.37. The highest BCUT2D eigenvalue weighted by atomic mass is 16.5. The van der Waals surface area contributed by atoms with E-state index in [0.29, 0.717) is 24.0 Å². The van der Waals surface area contributed by atoms with Crippen molar-refractivity contribution in [1.82, 2.24) is 19.8 Å². The predicted molar refractivity (Wildman–Crippen MR) is 77.2 cm³/mol. The number of nitrogen functional groups attached to an aromatic ring is 1. The Morgan fingerprint density at radius 3 is 2.81 bits per heavy atom. The van der Waals surface area contributed by atoms with Crippen molar-refractivity contribution in [2.75, 3.05) is 45.1 Å². The molecule has 0 saturated carbocycles. The Kier molecular flexibility index (Phi) is 4.29. The summed E-state index contributed by atoms with van der Waals surface area (Å²) < 4.78 is 5.45. The van der Waals surface area contributed by atoms with Crippen LogP contribution in [0.3, 0.4) is 0 Å². The van der Waals surface area contributed by atoms with Gasteiger partial charge in [0.15, 0.2) is 0 Å². The Balaban J connectivity index is 1.53. The van der Waals surface area contributed by atoms with Gasteiger partial charge in [-0.3, -0.25) is 9.80 Å².